The minimum atomic E-state index is -0.873. The van der Waals surface area contributed by atoms with Gasteiger partial charge in [0.15, 0.2) is 0 Å². The van der Waals surface area contributed by atoms with E-state index in [0.29, 0.717) is 23.0 Å². The van der Waals surface area contributed by atoms with Crippen LogP contribution in [0.2, 0.25) is 0 Å². The first-order valence-corrected chi connectivity index (χ1v) is 13.8. The molecule has 7 aromatic rings. The summed E-state index contributed by atoms with van der Waals surface area (Å²) in [5.41, 5.74) is 8.73. The van der Waals surface area contributed by atoms with E-state index in [1.807, 2.05) is 54.6 Å². The molecule has 2 heterocycles. The second-order valence-electron chi connectivity index (χ2n) is 10.4. The Balaban J connectivity index is 0.00000312. The number of aromatic nitrogens is 3. The molecule has 0 atom stereocenters. The third-order valence-corrected chi connectivity index (χ3v) is 8.19. The third-order valence-electron chi connectivity index (χ3n) is 8.19. The maximum atomic E-state index is 10.7. The number of nitrogens with zero attached hydrogens (tertiary/aromatic N) is 3. The average Bonchev–Trinajstić information content (AvgIpc) is 3.36. The van der Waals surface area contributed by atoms with Crippen LogP contribution in [0.3, 0.4) is 0 Å². The van der Waals surface area contributed by atoms with Gasteiger partial charge < -0.3 is 5.11 Å². The van der Waals surface area contributed by atoms with Crippen molar-refractivity contribution in [2.45, 2.75) is 5.41 Å². The van der Waals surface area contributed by atoms with E-state index in [-0.39, 0.29) is 26.8 Å². The molecule has 5 heteroatoms. The molecule has 0 saturated heterocycles. The Morgan fingerprint density at radius 1 is 0.651 bits per heavy atom. The SMILES string of the molecule is [2H]c1cc(-c2ccccc2O)nc(C2(c3[c-]c(-c4ncnc5ccccc45)ccc3)c3ccccc3-c3ccccc32)c1.[Pt]. The van der Waals surface area contributed by atoms with Crippen molar-refractivity contribution in [3.05, 3.63) is 168 Å². The first-order chi connectivity index (χ1) is 21.1. The van der Waals surface area contributed by atoms with Gasteiger partial charge in [-0.1, -0.05) is 84.9 Å². The van der Waals surface area contributed by atoms with E-state index in [2.05, 4.69) is 65.6 Å². The molecule has 0 spiro atoms. The summed E-state index contributed by atoms with van der Waals surface area (Å²) in [5.74, 6) is 0.122. The van der Waals surface area contributed by atoms with E-state index >= 15 is 0 Å². The minimum absolute atomic E-state index is 0. The van der Waals surface area contributed by atoms with E-state index in [0.717, 1.165) is 50.0 Å². The van der Waals surface area contributed by atoms with Gasteiger partial charge in [-0.15, -0.1) is 35.4 Å². The number of hydrogen-bond acceptors (Lipinski definition) is 4. The molecular formula is C38H24N3OPt-. The van der Waals surface area contributed by atoms with Gasteiger partial charge >= 0.3 is 0 Å². The zero-order chi connectivity index (χ0) is 29.0. The maximum Gasteiger partial charge on any atom is 0.124 e. The number of phenolic OH excluding ortho intramolecular Hbond substituents is 1. The van der Waals surface area contributed by atoms with E-state index in [4.69, 9.17) is 11.3 Å². The van der Waals surface area contributed by atoms with Crippen molar-refractivity contribution in [3.8, 4) is 39.4 Å². The topological polar surface area (TPSA) is 58.9 Å². The molecule has 0 amide bonds. The van der Waals surface area contributed by atoms with Crippen LogP contribution in [0.25, 0.3) is 44.5 Å². The number of para-hydroxylation sites is 2. The molecule has 2 aromatic heterocycles. The first kappa shape index (κ1) is 25.8. The predicted octanol–water partition coefficient (Wildman–Crippen LogP) is 8.23. The summed E-state index contributed by atoms with van der Waals surface area (Å²) in [5, 5.41) is 11.7. The van der Waals surface area contributed by atoms with Crippen molar-refractivity contribution in [2.75, 3.05) is 0 Å². The fourth-order valence-electron chi connectivity index (χ4n) is 6.40. The minimum Gasteiger partial charge on any atom is -0.507 e. The maximum absolute atomic E-state index is 10.7. The van der Waals surface area contributed by atoms with Crippen LogP contribution >= 0.6 is 0 Å². The summed E-state index contributed by atoms with van der Waals surface area (Å²) in [6.07, 6.45) is 1.60. The Labute approximate surface area is 265 Å². The van der Waals surface area contributed by atoms with Crippen LogP contribution in [-0.2, 0) is 26.5 Å². The zero-order valence-corrected chi connectivity index (χ0v) is 25.1. The number of rotatable bonds is 4. The molecular weight excluding hydrogens is 710 g/mol. The molecule has 0 bridgehead atoms. The van der Waals surface area contributed by atoms with Crippen LogP contribution in [0.5, 0.6) is 5.75 Å². The van der Waals surface area contributed by atoms with Gasteiger partial charge in [0, 0.05) is 26.6 Å². The van der Waals surface area contributed by atoms with Crippen molar-refractivity contribution in [1.29, 1.82) is 0 Å². The predicted molar refractivity (Wildman–Crippen MR) is 166 cm³/mol. The van der Waals surface area contributed by atoms with Crippen LogP contribution in [0.1, 0.15) is 23.8 Å². The van der Waals surface area contributed by atoms with E-state index in [1.165, 1.54) is 0 Å². The summed E-state index contributed by atoms with van der Waals surface area (Å²) >= 11 is 0. The quantitative estimate of drug-likeness (QED) is 0.185. The van der Waals surface area contributed by atoms with E-state index in [1.54, 1.807) is 24.5 Å². The summed E-state index contributed by atoms with van der Waals surface area (Å²) in [7, 11) is 0. The van der Waals surface area contributed by atoms with Gasteiger partial charge in [-0.25, -0.2) is 4.98 Å². The molecule has 5 aromatic carbocycles. The third kappa shape index (κ3) is 4.13. The second-order valence-corrected chi connectivity index (χ2v) is 10.4. The average molecular weight is 735 g/mol. The molecule has 1 N–H and O–H groups in total. The first-order valence-electron chi connectivity index (χ1n) is 14.3. The van der Waals surface area contributed by atoms with Crippen LogP contribution in [-0.4, -0.2) is 20.1 Å². The fourth-order valence-corrected chi connectivity index (χ4v) is 6.40. The van der Waals surface area contributed by atoms with Crippen LogP contribution in [0.4, 0.5) is 0 Å². The normalized spacial score (nSPS) is 13.1. The van der Waals surface area contributed by atoms with Crippen molar-refractivity contribution in [1.82, 2.24) is 15.0 Å². The zero-order valence-electron chi connectivity index (χ0n) is 23.8. The Bertz CT molecular complexity index is 2150. The van der Waals surface area contributed by atoms with Crippen LogP contribution < -0.4 is 0 Å². The molecule has 1 aliphatic rings. The summed E-state index contributed by atoms with van der Waals surface area (Å²) in [6, 6.07) is 45.7. The van der Waals surface area contributed by atoms with Gasteiger partial charge in [0.05, 0.1) is 23.7 Å². The summed E-state index contributed by atoms with van der Waals surface area (Å²) < 4.78 is 8.90. The molecule has 0 aliphatic heterocycles. The Hall–Kier alpha value is -4.92. The van der Waals surface area contributed by atoms with E-state index in [9.17, 15) is 5.11 Å². The standard InChI is InChI=1S/C38H24N3O.Pt/c42-35-21-8-4-15-29(35)34-20-10-22-36(41-34)38(31-17-5-1-13-27(31)28-14-2-6-18-32(28)38)26-12-9-11-25(23-26)37-30-16-3-7-19-33(30)39-24-40-37;/h1-22,24,42H;/q-1;/i10D;. The Morgan fingerprint density at radius 2 is 1.33 bits per heavy atom. The van der Waals surface area contributed by atoms with Gasteiger partial charge in [-0.3, -0.25) is 9.97 Å². The molecule has 0 saturated carbocycles. The largest absolute Gasteiger partial charge is 0.507 e. The van der Waals surface area contributed by atoms with Crippen LogP contribution in [0.15, 0.2) is 140 Å². The number of fused-ring (bicyclic) bond motifs is 4. The molecule has 4 nitrogen and oxygen atoms in total. The molecule has 0 radical (unpaired) electrons. The number of pyridine rings is 1. The molecule has 43 heavy (non-hydrogen) atoms. The van der Waals surface area contributed by atoms with Crippen LogP contribution in [0, 0.1) is 6.07 Å². The number of aromatic hydroxyl groups is 1. The van der Waals surface area contributed by atoms with Crippen molar-refractivity contribution in [3.63, 3.8) is 0 Å². The molecule has 0 fully saturated rings. The van der Waals surface area contributed by atoms with Gasteiger partial charge in [-0.05, 0) is 63.7 Å². The molecule has 1 aliphatic carbocycles. The fraction of sp³-hybridized carbons (Fsp3) is 0.0263. The van der Waals surface area contributed by atoms with Gasteiger partial charge in [0.25, 0.3) is 0 Å². The Kier molecular flexibility index (Phi) is 6.43. The Morgan fingerprint density at radius 3 is 2.09 bits per heavy atom. The molecule has 8 rings (SSSR count). The van der Waals surface area contributed by atoms with Crippen molar-refractivity contribution in [2.24, 2.45) is 0 Å². The number of phenols is 1. The number of benzene rings is 5. The van der Waals surface area contributed by atoms with Crippen molar-refractivity contribution >= 4 is 10.9 Å². The summed E-state index contributed by atoms with van der Waals surface area (Å²) in [4.78, 5) is 14.4. The molecule has 0 unspecified atom stereocenters. The van der Waals surface area contributed by atoms with Gasteiger partial charge in [0.2, 0.25) is 0 Å². The number of hydrogen-bond donors (Lipinski definition) is 1. The smallest absolute Gasteiger partial charge is 0.124 e. The van der Waals surface area contributed by atoms with Crippen molar-refractivity contribution < 1.29 is 27.5 Å². The van der Waals surface area contributed by atoms with E-state index < -0.39 is 5.41 Å². The van der Waals surface area contributed by atoms with Gasteiger partial charge in [0.1, 0.15) is 12.1 Å². The molecule has 208 valence electrons. The van der Waals surface area contributed by atoms with Gasteiger partial charge in [-0.2, -0.15) is 0 Å². The monoisotopic (exact) mass is 734 g/mol. The second kappa shape index (κ2) is 10.7. The summed E-state index contributed by atoms with van der Waals surface area (Å²) in [6.45, 7) is 0.